The molecule has 2 N–H and O–H groups in total. The molecule has 0 bridgehead atoms. The first-order chi connectivity index (χ1) is 7.24. The van der Waals surface area contributed by atoms with Gasteiger partial charge in [0, 0.05) is 13.2 Å². The van der Waals surface area contributed by atoms with Gasteiger partial charge in [-0.3, -0.25) is 0 Å². The van der Waals surface area contributed by atoms with Crippen molar-refractivity contribution in [3.63, 3.8) is 0 Å². The molecule has 6 heteroatoms. The van der Waals surface area contributed by atoms with Crippen LogP contribution in [0.15, 0.2) is 6.20 Å². The third-order valence-corrected chi connectivity index (χ3v) is 2.30. The maximum atomic E-state index is 8.58. The van der Waals surface area contributed by atoms with Crippen LogP contribution in [0.2, 0.25) is 10.3 Å². The van der Waals surface area contributed by atoms with Crippen LogP contribution in [0.3, 0.4) is 0 Å². The fourth-order valence-electron chi connectivity index (χ4n) is 1.09. The van der Waals surface area contributed by atoms with E-state index >= 15 is 0 Å². The fourth-order valence-corrected chi connectivity index (χ4v) is 1.38. The molecule has 0 aliphatic carbocycles. The molecule has 0 aliphatic heterocycles. The summed E-state index contributed by atoms with van der Waals surface area (Å²) in [5.41, 5.74) is 0. The van der Waals surface area contributed by atoms with E-state index < -0.39 is 0 Å². The number of aliphatic hydroxyl groups excluding tert-OH is 1. The van der Waals surface area contributed by atoms with E-state index in [2.05, 4.69) is 15.3 Å². The average Bonchev–Trinajstić information content (AvgIpc) is 2.23. The lowest BCUT2D eigenvalue weighted by atomic mass is 10.2. The van der Waals surface area contributed by atoms with Gasteiger partial charge in [0.05, 0.1) is 6.20 Å². The third-order valence-electron chi connectivity index (χ3n) is 1.84. The van der Waals surface area contributed by atoms with E-state index in [1.807, 2.05) is 0 Å². The van der Waals surface area contributed by atoms with Gasteiger partial charge in [0.25, 0.3) is 0 Å². The second-order valence-electron chi connectivity index (χ2n) is 3.05. The maximum absolute atomic E-state index is 8.58. The number of anilines is 1. The van der Waals surface area contributed by atoms with Gasteiger partial charge in [0.2, 0.25) is 5.28 Å². The first kappa shape index (κ1) is 12.5. The van der Waals surface area contributed by atoms with Crippen molar-refractivity contribution < 1.29 is 5.11 Å². The molecule has 0 radical (unpaired) electrons. The van der Waals surface area contributed by atoms with Crippen molar-refractivity contribution in [1.29, 1.82) is 0 Å². The summed E-state index contributed by atoms with van der Waals surface area (Å²) in [6, 6.07) is 0. The number of unbranched alkanes of at least 4 members (excludes halogenated alkanes) is 2. The van der Waals surface area contributed by atoms with E-state index in [1.165, 1.54) is 6.20 Å². The minimum Gasteiger partial charge on any atom is -0.396 e. The molecule has 0 unspecified atom stereocenters. The van der Waals surface area contributed by atoms with E-state index in [0.29, 0.717) is 10.8 Å². The van der Waals surface area contributed by atoms with Crippen LogP contribution in [0.5, 0.6) is 0 Å². The second kappa shape index (κ2) is 6.82. The summed E-state index contributed by atoms with van der Waals surface area (Å²) in [7, 11) is 0. The highest BCUT2D eigenvalue weighted by Gasteiger charge is 2.02. The monoisotopic (exact) mass is 249 g/mol. The van der Waals surface area contributed by atoms with Crippen LogP contribution in [0.4, 0.5) is 5.82 Å². The molecule has 0 saturated carbocycles. The maximum Gasteiger partial charge on any atom is 0.224 e. The molecule has 0 aromatic carbocycles. The lowest BCUT2D eigenvalue weighted by molar-refractivity contribution is 0.283. The van der Waals surface area contributed by atoms with E-state index in [0.717, 1.165) is 25.8 Å². The molecular weight excluding hydrogens is 237 g/mol. The molecule has 1 heterocycles. The zero-order valence-electron chi connectivity index (χ0n) is 8.21. The number of halogens is 2. The van der Waals surface area contributed by atoms with E-state index in [4.69, 9.17) is 28.3 Å². The highest BCUT2D eigenvalue weighted by atomic mass is 35.5. The van der Waals surface area contributed by atoms with Gasteiger partial charge < -0.3 is 10.4 Å². The molecule has 0 amide bonds. The van der Waals surface area contributed by atoms with Crippen molar-refractivity contribution in [3.8, 4) is 0 Å². The van der Waals surface area contributed by atoms with Gasteiger partial charge in [0.15, 0.2) is 0 Å². The number of rotatable bonds is 6. The van der Waals surface area contributed by atoms with Crippen molar-refractivity contribution in [2.45, 2.75) is 19.3 Å². The van der Waals surface area contributed by atoms with Gasteiger partial charge in [-0.05, 0) is 30.9 Å². The van der Waals surface area contributed by atoms with Crippen LogP contribution in [-0.2, 0) is 0 Å². The highest BCUT2D eigenvalue weighted by molar-refractivity contribution is 6.33. The molecule has 15 heavy (non-hydrogen) atoms. The standard InChI is InChI=1S/C9H13Cl2N3O/c10-7-6-13-9(11)14-8(7)12-4-2-1-3-5-15/h6,15H,1-5H2,(H,12,13,14). The summed E-state index contributed by atoms with van der Waals surface area (Å²) in [4.78, 5) is 7.70. The van der Waals surface area contributed by atoms with Crippen molar-refractivity contribution in [2.24, 2.45) is 0 Å². The Hall–Kier alpha value is -0.580. The van der Waals surface area contributed by atoms with Gasteiger partial charge in [-0.1, -0.05) is 11.6 Å². The van der Waals surface area contributed by atoms with Gasteiger partial charge in [-0.15, -0.1) is 0 Å². The summed E-state index contributed by atoms with van der Waals surface area (Å²) in [5, 5.41) is 12.3. The third kappa shape index (κ3) is 4.64. The molecule has 0 atom stereocenters. The Bertz CT molecular complexity index is 309. The molecule has 0 fully saturated rings. The second-order valence-corrected chi connectivity index (χ2v) is 3.79. The number of aliphatic hydroxyl groups is 1. The van der Waals surface area contributed by atoms with Crippen molar-refractivity contribution in [2.75, 3.05) is 18.5 Å². The van der Waals surface area contributed by atoms with Crippen molar-refractivity contribution >= 4 is 29.0 Å². The molecule has 1 aromatic heterocycles. The van der Waals surface area contributed by atoms with Crippen LogP contribution < -0.4 is 5.32 Å². The van der Waals surface area contributed by atoms with Crippen LogP contribution >= 0.6 is 23.2 Å². The Morgan fingerprint density at radius 2 is 2.07 bits per heavy atom. The van der Waals surface area contributed by atoms with Crippen molar-refractivity contribution in [1.82, 2.24) is 9.97 Å². The lowest BCUT2D eigenvalue weighted by Crippen LogP contribution is -2.04. The molecule has 4 nitrogen and oxygen atoms in total. The SMILES string of the molecule is OCCCCCNc1nc(Cl)ncc1Cl. The van der Waals surface area contributed by atoms with Gasteiger partial charge in [-0.25, -0.2) is 4.98 Å². The highest BCUT2D eigenvalue weighted by Crippen LogP contribution is 2.19. The minimum atomic E-state index is 0.178. The molecule has 1 rings (SSSR count). The summed E-state index contributed by atoms with van der Waals surface area (Å²) >= 11 is 11.5. The molecule has 0 saturated heterocycles. The van der Waals surface area contributed by atoms with Gasteiger partial charge in [0.1, 0.15) is 10.8 Å². The number of aromatic nitrogens is 2. The predicted molar refractivity (Wildman–Crippen MR) is 61.5 cm³/mol. The Morgan fingerprint density at radius 3 is 2.80 bits per heavy atom. The summed E-state index contributed by atoms with van der Waals surface area (Å²) < 4.78 is 0. The lowest BCUT2D eigenvalue weighted by Gasteiger charge is -2.06. The largest absolute Gasteiger partial charge is 0.396 e. The summed E-state index contributed by atoms with van der Waals surface area (Å²) in [5.74, 6) is 0.556. The first-order valence-corrected chi connectivity index (χ1v) is 5.52. The Morgan fingerprint density at radius 1 is 1.27 bits per heavy atom. The zero-order chi connectivity index (χ0) is 11.1. The molecule has 1 aromatic rings. The minimum absolute atomic E-state index is 0.178. The van der Waals surface area contributed by atoms with E-state index in [9.17, 15) is 0 Å². The van der Waals surface area contributed by atoms with E-state index in [-0.39, 0.29) is 11.9 Å². The molecule has 0 aliphatic rings. The van der Waals surface area contributed by atoms with E-state index in [1.54, 1.807) is 0 Å². The quantitative estimate of drug-likeness (QED) is 0.601. The number of nitrogens with one attached hydrogen (secondary N) is 1. The van der Waals surface area contributed by atoms with Gasteiger partial charge >= 0.3 is 0 Å². The summed E-state index contributed by atoms with van der Waals surface area (Å²) in [6.45, 7) is 0.993. The van der Waals surface area contributed by atoms with Crippen LogP contribution in [0, 0.1) is 0 Å². The van der Waals surface area contributed by atoms with Crippen LogP contribution in [0.1, 0.15) is 19.3 Å². The van der Waals surface area contributed by atoms with Crippen molar-refractivity contribution in [3.05, 3.63) is 16.5 Å². The molecular formula is C9H13Cl2N3O. The number of hydrogen-bond donors (Lipinski definition) is 2. The van der Waals surface area contributed by atoms with Crippen LogP contribution in [0.25, 0.3) is 0 Å². The fraction of sp³-hybridized carbons (Fsp3) is 0.556. The Kier molecular flexibility index (Phi) is 5.68. The normalized spacial score (nSPS) is 10.3. The predicted octanol–water partition coefficient (Wildman–Crippen LogP) is 2.36. The topological polar surface area (TPSA) is 58.0 Å². The summed E-state index contributed by atoms with van der Waals surface area (Å²) in [6.07, 6.45) is 4.21. The zero-order valence-corrected chi connectivity index (χ0v) is 9.72. The Balaban J connectivity index is 2.33. The first-order valence-electron chi connectivity index (χ1n) is 4.77. The number of hydrogen-bond acceptors (Lipinski definition) is 4. The molecule has 84 valence electrons. The average molecular weight is 250 g/mol. The Labute approximate surface area is 98.6 Å². The van der Waals surface area contributed by atoms with Gasteiger partial charge in [-0.2, -0.15) is 4.98 Å². The molecule has 0 spiro atoms. The van der Waals surface area contributed by atoms with Crippen LogP contribution in [-0.4, -0.2) is 28.2 Å². The number of nitrogens with zero attached hydrogens (tertiary/aromatic N) is 2. The smallest absolute Gasteiger partial charge is 0.224 e.